The number of nitrogens with zero attached hydrogens (tertiary/aromatic N) is 3. The minimum absolute atomic E-state index is 0.0646. The Morgan fingerprint density at radius 3 is 2.48 bits per heavy atom. The second-order valence-corrected chi connectivity index (χ2v) is 7.79. The zero-order valence-electron chi connectivity index (χ0n) is 17.3. The fourth-order valence-corrected chi connectivity index (χ4v) is 4.01. The number of carboxylic acid groups (broad SMARTS) is 1. The monoisotopic (exact) mass is 418 g/mol. The van der Waals surface area contributed by atoms with Gasteiger partial charge in [-0.3, -0.25) is 19.5 Å². The summed E-state index contributed by atoms with van der Waals surface area (Å²) in [6.07, 6.45) is 1.64. The van der Waals surface area contributed by atoms with E-state index in [1.54, 1.807) is 12.3 Å². The first kappa shape index (κ1) is 20.8. The molecule has 1 saturated heterocycles. The third-order valence-electron chi connectivity index (χ3n) is 5.67. The first-order valence-corrected chi connectivity index (χ1v) is 10.5. The Morgan fingerprint density at radius 1 is 0.968 bits per heavy atom. The zero-order chi connectivity index (χ0) is 21.6. The quantitative estimate of drug-likeness (QED) is 0.613. The first-order chi connectivity index (χ1) is 15.1. The molecule has 31 heavy (non-hydrogen) atoms. The van der Waals surface area contributed by atoms with E-state index in [0.29, 0.717) is 12.2 Å². The molecule has 1 fully saturated rings. The molecule has 2 aromatic carbocycles. The van der Waals surface area contributed by atoms with Crippen LogP contribution in [0.5, 0.6) is 0 Å². The number of carbonyl (C=O) groups is 2. The molecule has 0 saturated carbocycles. The molecule has 1 aromatic heterocycles. The molecule has 1 atom stereocenters. The van der Waals surface area contributed by atoms with E-state index >= 15 is 0 Å². The summed E-state index contributed by atoms with van der Waals surface area (Å²) in [7, 11) is 0. The maximum absolute atomic E-state index is 12.6. The van der Waals surface area contributed by atoms with Crippen molar-refractivity contribution in [1.82, 2.24) is 9.88 Å². The van der Waals surface area contributed by atoms with E-state index in [9.17, 15) is 14.7 Å². The molecule has 0 radical (unpaired) electrons. The Balaban J connectivity index is 1.34. The number of rotatable bonds is 7. The number of aromatic nitrogens is 1. The molecule has 1 amide bonds. The van der Waals surface area contributed by atoms with Crippen LogP contribution in [0.2, 0.25) is 0 Å². The Kier molecular flexibility index (Phi) is 6.43. The summed E-state index contributed by atoms with van der Waals surface area (Å²) in [5, 5.41) is 13.4. The lowest BCUT2D eigenvalue weighted by molar-refractivity contribution is -0.144. The van der Waals surface area contributed by atoms with Gasteiger partial charge in [-0.1, -0.05) is 24.3 Å². The lowest BCUT2D eigenvalue weighted by Crippen LogP contribution is -2.48. The summed E-state index contributed by atoms with van der Waals surface area (Å²) in [5.41, 5.74) is 2.61. The number of hydrogen-bond donors (Lipinski definition) is 2. The number of piperazine rings is 1. The molecule has 1 aliphatic rings. The molecule has 2 N–H and O–H groups in total. The van der Waals surface area contributed by atoms with E-state index in [-0.39, 0.29) is 12.3 Å². The van der Waals surface area contributed by atoms with Crippen LogP contribution >= 0.6 is 0 Å². The number of carbonyl (C=O) groups excluding carboxylic acids is 1. The van der Waals surface area contributed by atoms with Gasteiger partial charge in [0.1, 0.15) is 0 Å². The van der Waals surface area contributed by atoms with E-state index in [2.05, 4.69) is 32.2 Å². The van der Waals surface area contributed by atoms with E-state index in [1.165, 1.54) is 5.69 Å². The van der Waals surface area contributed by atoms with Crippen molar-refractivity contribution in [3.8, 4) is 0 Å². The van der Waals surface area contributed by atoms with E-state index in [1.807, 2.05) is 42.5 Å². The van der Waals surface area contributed by atoms with Crippen molar-refractivity contribution < 1.29 is 14.7 Å². The fraction of sp³-hybridized carbons (Fsp3) is 0.292. The number of fused-ring (bicyclic) bond motifs is 1. The zero-order valence-corrected chi connectivity index (χ0v) is 17.3. The van der Waals surface area contributed by atoms with Crippen molar-refractivity contribution in [3.05, 3.63) is 66.9 Å². The van der Waals surface area contributed by atoms with E-state index in [4.69, 9.17) is 0 Å². The summed E-state index contributed by atoms with van der Waals surface area (Å²) in [6.45, 7) is 3.59. The van der Waals surface area contributed by atoms with Gasteiger partial charge >= 0.3 is 5.97 Å². The standard InChI is InChI=1S/C24H26N4O3/c29-23(26-22-10-4-9-21-20(22)8-5-11-25-21)16-18(24(30)31)17-27-12-14-28(15-13-27)19-6-2-1-3-7-19/h1-11,18H,12-17H2,(H,26,29)(H,30,31)/t18-/m0/s1. The summed E-state index contributed by atoms with van der Waals surface area (Å²) in [6, 6.07) is 19.4. The number of anilines is 2. The van der Waals surface area contributed by atoms with Crippen molar-refractivity contribution in [3.63, 3.8) is 0 Å². The predicted octanol–water partition coefficient (Wildman–Crippen LogP) is 3.09. The number of nitrogens with one attached hydrogen (secondary N) is 1. The van der Waals surface area contributed by atoms with Gasteiger partial charge in [0.05, 0.1) is 17.1 Å². The highest BCUT2D eigenvalue weighted by molar-refractivity contribution is 6.01. The second-order valence-electron chi connectivity index (χ2n) is 7.79. The molecule has 0 unspecified atom stereocenters. The molecule has 7 heteroatoms. The first-order valence-electron chi connectivity index (χ1n) is 10.5. The molecular formula is C24H26N4O3. The van der Waals surface area contributed by atoms with Gasteiger partial charge < -0.3 is 15.3 Å². The molecule has 4 rings (SSSR count). The Morgan fingerprint density at radius 2 is 1.74 bits per heavy atom. The highest BCUT2D eigenvalue weighted by Gasteiger charge is 2.26. The van der Waals surface area contributed by atoms with Crippen LogP contribution in [-0.4, -0.2) is 59.6 Å². The Hall–Kier alpha value is -3.45. The fourth-order valence-electron chi connectivity index (χ4n) is 4.01. The minimum Gasteiger partial charge on any atom is -0.481 e. The third kappa shape index (κ3) is 5.19. The lowest BCUT2D eigenvalue weighted by Gasteiger charge is -2.37. The van der Waals surface area contributed by atoms with Gasteiger partial charge in [0.2, 0.25) is 5.91 Å². The average molecular weight is 418 g/mol. The number of para-hydroxylation sites is 1. The highest BCUT2D eigenvalue weighted by Crippen LogP contribution is 2.22. The number of hydrogen-bond acceptors (Lipinski definition) is 5. The Labute approximate surface area is 181 Å². The second kappa shape index (κ2) is 9.57. The van der Waals surface area contributed by atoms with Gasteiger partial charge in [-0.2, -0.15) is 0 Å². The van der Waals surface area contributed by atoms with E-state index in [0.717, 1.165) is 37.1 Å². The maximum atomic E-state index is 12.6. The molecule has 0 aliphatic carbocycles. The van der Waals surface area contributed by atoms with Gasteiger partial charge in [-0.05, 0) is 36.4 Å². The van der Waals surface area contributed by atoms with Crippen molar-refractivity contribution in [2.24, 2.45) is 5.92 Å². The number of carboxylic acids is 1. The highest BCUT2D eigenvalue weighted by atomic mass is 16.4. The van der Waals surface area contributed by atoms with Crippen LogP contribution in [-0.2, 0) is 9.59 Å². The largest absolute Gasteiger partial charge is 0.481 e. The van der Waals surface area contributed by atoms with Gasteiger partial charge in [0.15, 0.2) is 0 Å². The van der Waals surface area contributed by atoms with Crippen LogP contribution in [0.15, 0.2) is 66.9 Å². The number of amides is 1. The predicted molar refractivity (Wildman–Crippen MR) is 121 cm³/mol. The average Bonchev–Trinajstić information content (AvgIpc) is 2.80. The third-order valence-corrected chi connectivity index (χ3v) is 5.67. The molecular weight excluding hydrogens is 392 g/mol. The normalized spacial score (nSPS) is 15.5. The number of pyridine rings is 1. The van der Waals surface area contributed by atoms with Crippen molar-refractivity contribution >= 4 is 34.2 Å². The smallest absolute Gasteiger partial charge is 0.308 e. The minimum atomic E-state index is -0.944. The molecule has 7 nitrogen and oxygen atoms in total. The van der Waals surface area contributed by atoms with Crippen molar-refractivity contribution in [2.45, 2.75) is 6.42 Å². The van der Waals surface area contributed by atoms with Crippen LogP contribution in [0.1, 0.15) is 6.42 Å². The van der Waals surface area contributed by atoms with Crippen molar-refractivity contribution in [2.75, 3.05) is 42.9 Å². The summed E-state index contributed by atoms with van der Waals surface area (Å²) >= 11 is 0. The topological polar surface area (TPSA) is 85.8 Å². The van der Waals surface area contributed by atoms with Gasteiger partial charge in [0, 0.05) is 56.4 Å². The number of aliphatic carboxylic acids is 1. The molecule has 3 aromatic rings. The van der Waals surface area contributed by atoms with Crippen molar-refractivity contribution in [1.29, 1.82) is 0 Å². The van der Waals surface area contributed by atoms with Crippen LogP contribution in [0.3, 0.4) is 0 Å². The lowest BCUT2D eigenvalue weighted by atomic mass is 10.0. The van der Waals surface area contributed by atoms with Crippen LogP contribution in [0.4, 0.5) is 11.4 Å². The molecule has 1 aliphatic heterocycles. The van der Waals surface area contributed by atoms with Gasteiger partial charge in [-0.25, -0.2) is 0 Å². The van der Waals surface area contributed by atoms with Gasteiger partial charge in [-0.15, -0.1) is 0 Å². The van der Waals surface area contributed by atoms with Crippen LogP contribution in [0.25, 0.3) is 10.9 Å². The van der Waals surface area contributed by atoms with Crippen LogP contribution in [0, 0.1) is 5.92 Å². The van der Waals surface area contributed by atoms with Crippen LogP contribution < -0.4 is 10.2 Å². The van der Waals surface area contributed by atoms with E-state index < -0.39 is 11.9 Å². The Bertz CT molecular complexity index is 1040. The molecule has 160 valence electrons. The summed E-state index contributed by atoms with van der Waals surface area (Å²) in [4.78, 5) is 33.2. The summed E-state index contributed by atoms with van der Waals surface area (Å²) < 4.78 is 0. The summed E-state index contributed by atoms with van der Waals surface area (Å²) in [5.74, 6) is -2.00. The maximum Gasteiger partial charge on any atom is 0.308 e. The van der Waals surface area contributed by atoms with Gasteiger partial charge in [0.25, 0.3) is 0 Å². The molecule has 2 heterocycles. The SMILES string of the molecule is O=C(C[C@@H](CN1CCN(c2ccccc2)CC1)C(=O)O)Nc1cccc2ncccc12. The number of benzene rings is 2. The molecule has 0 bridgehead atoms. The molecule has 0 spiro atoms.